The van der Waals surface area contributed by atoms with Crippen molar-refractivity contribution in [2.45, 2.75) is 82.5 Å². The molecule has 2 aromatic carbocycles. The molecule has 226 valence electrons. The molecule has 1 aromatic heterocycles. The maximum atomic E-state index is 14.5. The number of halogens is 4. The summed E-state index contributed by atoms with van der Waals surface area (Å²) in [6, 6.07) is 14.9. The number of furan rings is 1. The molecule has 1 aliphatic heterocycles. The molecule has 5 rings (SSSR count). The third kappa shape index (κ3) is 7.30. The monoisotopic (exact) mass is 593 g/mol. The minimum Gasteiger partial charge on any atom is -0.467 e. The number of hydrogen-bond donors (Lipinski definition) is 1. The molecule has 3 aromatic rings. The fourth-order valence-corrected chi connectivity index (χ4v) is 5.32. The van der Waals surface area contributed by atoms with Crippen LogP contribution in [-0.4, -0.2) is 42.0 Å². The van der Waals surface area contributed by atoms with Gasteiger partial charge in [0.2, 0.25) is 0 Å². The zero-order chi connectivity index (χ0) is 30.0. The number of benzene rings is 2. The third-order valence-corrected chi connectivity index (χ3v) is 7.12. The molecule has 0 spiro atoms. The molecular weight excluding hydrogens is 562 g/mol. The second-order valence-electron chi connectivity index (χ2n) is 10.7. The van der Waals surface area contributed by atoms with Crippen LogP contribution in [0.25, 0.3) is 0 Å². The van der Waals surface area contributed by atoms with Crippen molar-refractivity contribution in [3.05, 3.63) is 89.6 Å². The Morgan fingerprint density at radius 1 is 1.02 bits per heavy atom. The minimum atomic E-state index is -4.84. The van der Waals surface area contributed by atoms with E-state index >= 15 is 0 Å². The molecule has 2 heterocycles. The summed E-state index contributed by atoms with van der Waals surface area (Å²) in [5, 5.41) is 2.84. The summed E-state index contributed by atoms with van der Waals surface area (Å²) in [7, 11) is 0. The maximum Gasteiger partial charge on any atom is 0.573 e. The third-order valence-electron chi connectivity index (χ3n) is 7.12. The summed E-state index contributed by atoms with van der Waals surface area (Å²) in [6.45, 7) is 3.25. The number of carbonyl (C=O) groups is 1. The first-order chi connectivity index (χ1) is 19.9. The highest BCUT2D eigenvalue weighted by Crippen LogP contribution is 2.44. The molecule has 1 amide bonds. The second-order valence-corrected chi connectivity index (χ2v) is 10.7. The van der Waals surface area contributed by atoms with Gasteiger partial charge >= 0.3 is 6.36 Å². The number of fused-ring (bicyclic) bond motifs is 1. The van der Waals surface area contributed by atoms with Gasteiger partial charge in [-0.1, -0.05) is 30.3 Å². The lowest BCUT2D eigenvalue weighted by atomic mass is 9.78. The van der Waals surface area contributed by atoms with E-state index in [9.17, 15) is 22.4 Å². The Morgan fingerprint density at radius 2 is 1.83 bits per heavy atom. The van der Waals surface area contributed by atoms with Crippen molar-refractivity contribution < 1.29 is 50.5 Å². The minimum absolute atomic E-state index is 0.00475. The fourth-order valence-electron chi connectivity index (χ4n) is 5.32. The first kappa shape index (κ1) is 30.0. The number of nitrogens with one attached hydrogen (secondary N) is 1. The highest BCUT2D eigenvalue weighted by atomic mass is 19.4. The number of ether oxygens (including phenoxy) is 5. The Hall–Kier alpha value is -3.45. The highest BCUT2D eigenvalue weighted by molar-refractivity contribution is 5.85. The fraction of sp³-hybridized carbons (Fsp3) is 0.433. The van der Waals surface area contributed by atoms with E-state index in [0.717, 1.165) is 0 Å². The predicted octanol–water partition coefficient (Wildman–Crippen LogP) is 5.79. The van der Waals surface area contributed by atoms with Gasteiger partial charge in [0.1, 0.15) is 23.4 Å². The molecule has 0 radical (unpaired) electrons. The molecule has 0 bridgehead atoms. The summed E-state index contributed by atoms with van der Waals surface area (Å²) < 4.78 is 86.8. The van der Waals surface area contributed by atoms with Crippen LogP contribution in [0.15, 0.2) is 71.3 Å². The van der Waals surface area contributed by atoms with E-state index in [1.807, 2.05) is 0 Å². The van der Waals surface area contributed by atoms with E-state index in [0.29, 0.717) is 11.3 Å². The van der Waals surface area contributed by atoms with Gasteiger partial charge in [-0.15, -0.1) is 13.2 Å². The first-order valence-electron chi connectivity index (χ1n) is 13.4. The summed E-state index contributed by atoms with van der Waals surface area (Å²) in [4.78, 5) is 13.8. The van der Waals surface area contributed by atoms with E-state index in [1.54, 1.807) is 50.2 Å². The van der Waals surface area contributed by atoms with E-state index in [1.165, 1.54) is 30.5 Å². The van der Waals surface area contributed by atoms with Gasteiger partial charge < -0.3 is 33.4 Å². The molecule has 12 heteroatoms. The van der Waals surface area contributed by atoms with Gasteiger partial charge in [0, 0.05) is 18.4 Å². The van der Waals surface area contributed by atoms with Crippen LogP contribution in [0, 0.1) is 5.82 Å². The number of amides is 1. The van der Waals surface area contributed by atoms with Gasteiger partial charge in [-0.05, 0) is 49.7 Å². The average Bonchev–Trinajstić information content (AvgIpc) is 3.55. The standard InChI is InChI=1S/C30H31F4NO7/c1-28(2)41-25-15-29(27(36)35-16-22-10-6-12-37-22,39-18-20-8-3-4-11-23(20)31)14-24(26(25)42-28)38-17-19-7-5-9-21(13-19)40-30(32,33)34/h3-13,24-26H,14-18H2,1-2H3,(H,35,36)/t24?,25-,26+,29-/m1/s1. The Bertz CT molecular complexity index is 1360. The topological polar surface area (TPSA) is 88.4 Å². The van der Waals surface area contributed by atoms with Crippen molar-refractivity contribution in [1.29, 1.82) is 0 Å². The van der Waals surface area contributed by atoms with Gasteiger partial charge in [-0.2, -0.15) is 0 Å². The lowest BCUT2D eigenvalue weighted by molar-refractivity contribution is -0.274. The van der Waals surface area contributed by atoms with Crippen molar-refractivity contribution in [3.8, 4) is 5.75 Å². The Labute approximate surface area is 239 Å². The molecule has 2 aliphatic rings. The Kier molecular flexibility index (Phi) is 8.61. The predicted molar refractivity (Wildman–Crippen MR) is 139 cm³/mol. The summed E-state index contributed by atoms with van der Waals surface area (Å²) in [5.41, 5.74) is -0.843. The van der Waals surface area contributed by atoms with E-state index < -0.39 is 47.8 Å². The maximum absolute atomic E-state index is 14.5. The molecule has 4 atom stereocenters. The molecular formula is C30H31F4NO7. The van der Waals surface area contributed by atoms with Crippen LogP contribution in [0.4, 0.5) is 17.6 Å². The van der Waals surface area contributed by atoms with Crippen molar-refractivity contribution in [2.75, 3.05) is 0 Å². The second kappa shape index (κ2) is 12.0. The summed E-state index contributed by atoms with van der Waals surface area (Å²) >= 11 is 0. The first-order valence-corrected chi connectivity index (χ1v) is 13.4. The molecule has 2 fully saturated rings. The van der Waals surface area contributed by atoms with E-state index in [2.05, 4.69) is 10.1 Å². The zero-order valence-corrected chi connectivity index (χ0v) is 23.0. The lowest BCUT2D eigenvalue weighted by Gasteiger charge is -2.43. The van der Waals surface area contributed by atoms with Crippen molar-refractivity contribution in [2.24, 2.45) is 0 Å². The van der Waals surface area contributed by atoms with Gasteiger partial charge in [0.05, 0.1) is 38.2 Å². The Morgan fingerprint density at radius 3 is 2.57 bits per heavy atom. The number of rotatable bonds is 10. The van der Waals surface area contributed by atoms with Crippen LogP contribution in [0.3, 0.4) is 0 Å². The van der Waals surface area contributed by atoms with Gasteiger partial charge in [0.15, 0.2) is 11.4 Å². The van der Waals surface area contributed by atoms with E-state index in [-0.39, 0.29) is 43.9 Å². The number of hydrogen-bond acceptors (Lipinski definition) is 7. The smallest absolute Gasteiger partial charge is 0.467 e. The summed E-state index contributed by atoms with van der Waals surface area (Å²) in [5.74, 6) is -1.81. The molecule has 8 nitrogen and oxygen atoms in total. The zero-order valence-electron chi connectivity index (χ0n) is 23.0. The molecule has 1 N–H and O–H groups in total. The molecule has 1 saturated heterocycles. The van der Waals surface area contributed by atoms with Crippen LogP contribution >= 0.6 is 0 Å². The quantitative estimate of drug-likeness (QED) is 0.298. The molecule has 1 aliphatic carbocycles. The SMILES string of the molecule is CC1(C)O[C@@H]2C[C@@](OCc3ccccc3F)(C(=O)NCc3ccco3)CC(OCc3cccc(OC(F)(F)F)c3)[C@@H]2O1. The van der Waals surface area contributed by atoms with Gasteiger partial charge in [-0.25, -0.2) is 4.39 Å². The van der Waals surface area contributed by atoms with Crippen LogP contribution < -0.4 is 10.1 Å². The largest absolute Gasteiger partial charge is 0.573 e. The summed E-state index contributed by atoms with van der Waals surface area (Å²) in [6.07, 6.45) is -5.26. The molecule has 42 heavy (non-hydrogen) atoms. The molecule has 1 unspecified atom stereocenters. The number of alkyl halides is 3. The van der Waals surface area contributed by atoms with Crippen LogP contribution in [-0.2, 0) is 43.5 Å². The van der Waals surface area contributed by atoms with Crippen molar-refractivity contribution in [1.82, 2.24) is 5.32 Å². The van der Waals surface area contributed by atoms with Gasteiger partial charge in [-0.3, -0.25) is 4.79 Å². The van der Waals surface area contributed by atoms with Crippen LogP contribution in [0.1, 0.15) is 43.6 Å². The van der Waals surface area contributed by atoms with Crippen molar-refractivity contribution in [3.63, 3.8) is 0 Å². The highest BCUT2D eigenvalue weighted by Gasteiger charge is 2.58. The van der Waals surface area contributed by atoms with E-state index in [4.69, 9.17) is 23.4 Å². The Balaban J connectivity index is 1.40. The van der Waals surface area contributed by atoms with Gasteiger partial charge in [0.25, 0.3) is 5.91 Å². The van der Waals surface area contributed by atoms with Crippen LogP contribution in [0.5, 0.6) is 5.75 Å². The molecule has 1 saturated carbocycles. The lowest BCUT2D eigenvalue weighted by Crippen LogP contribution is -2.59. The number of carbonyl (C=O) groups excluding carboxylic acids is 1. The van der Waals surface area contributed by atoms with Crippen LogP contribution in [0.2, 0.25) is 0 Å². The normalized spacial score (nSPS) is 25.1. The van der Waals surface area contributed by atoms with Crippen molar-refractivity contribution >= 4 is 5.91 Å². The average molecular weight is 594 g/mol.